The van der Waals surface area contributed by atoms with Gasteiger partial charge in [0, 0.05) is 12.6 Å². The number of hydrogen-bond acceptors (Lipinski definition) is 5. The highest BCUT2D eigenvalue weighted by atomic mass is 16.5. The third-order valence-corrected chi connectivity index (χ3v) is 2.31. The van der Waals surface area contributed by atoms with Gasteiger partial charge >= 0.3 is 0 Å². The Kier molecular flexibility index (Phi) is 3.87. The molecule has 0 aliphatic heterocycles. The van der Waals surface area contributed by atoms with E-state index in [1.807, 2.05) is 19.2 Å². The third kappa shape index (κ3) is 3.39. The van der Waals surface area contributed by atoms with Crippen molar-refractivity contribution < 1.29 is 4.52 Å². The van der Waals surface area contributed by atoms with Crippen molar-refractivity contribution in [2.45, 2.75) is 33.4 Å². The second-order valence-corrected chi connectivity index (χ2v) is 4.02. The summed E-state index contributed by atoms with van der Waals surface area (Å²) in [6.07, 6.45) is 3.03. The fourth-order valence-corrected chi connectivity index (χ4v) is 1.54. The zero-order chi connectivity index (χ0) is 12.1. The van der Waals surface area contributed by atoms with Crippen molar-refractivity contribution in [2.24, 2.45) is 0 Å². The lowest BCUT2D eigenvalue weighted by atomic mass is 10.4. The van der Waals surface area contributed by atoms with Gasteiger partial charge in [-0.2, -0.15) is 0 Å². The molecule has 0 aliphatic rings. The molecule has 17 heavy (non-hydrogen) atoms. The zero-order valence-electron chi connectivity index (χ0n) is 10.2. The number of nitrogens with zero attached hydrogens (tertiary/aromatic N) is 4. The van der Waals surface area contributed by atoms with E-state index in [1.165, 1.54) is 0 Å². The van der Waals surface area contributed by atoms with Crippen LogP contribution in [0.5, 0.6) is 0 Å². The molecule has 0 aromatic carbocycles. The second kappa shape index (κ2) is 5.58. The molecule has 0 saturated heterocycles. The Labute approximate surface area is 100.0 Å². The molecule has 0 fully saturated rings. The third-order valence-electron chi connectivity index (χ3n) is 2.31. The Hall–Kier alpha value is -1.69. The minimum absolute atomic E-state index is 0.571. The predicted molar refractivity (Wildman–Crippen MR) is 62.4 cm³/mol. The monoisotopic (exact) mass is 235 g/mol. The van der Waals surface area contributed by atoms with Crippen LogP contribution in [0.3, 0.4) is 0 Å². The molecule has 0 bridgehead atoms. The maximum absolute atomic E-state index is 5.12. The van der Waals surface area contributed by atoms with Crippen LogP contribution in [0.1, 0.15) is 30.5 Å². The van der Waals surface area contributed by atoms with Crippen LogP contribution in [0.4, 0.5) is 0 Å². The van der Waals surface area contributed by atoms with Crippen LogP contribution in [0.15, 0.2) is 16.8 Å². The Morgan fingerprint density at radius 1 is 1.47 bits per heavy atom. The Morgan fingerprint density at radius 2 is 2.35 bits per heavy atom. The zero-order valence-corrected chi connectivity index (χ0v) is 10.2. The van der Waals surface area contributed by atoms with Crippen molar-refractivity contribution in [3.05, 3.63) is 29.4 Å². The van der Waals surface area contributed by atoms with Gasteiger partial charge in [0.05, 0.1) is 17.6 Å². The van der Waals surface area contributed by atoms with Crippen LogP contribution in [-0.4, -0.2) is 26.7 Å². The SMILES string of the molecule is CCCNCc1cn(Cc2cc(C)no2)nn1. The highest BCUT2D eigenvalue weighted by molar-refractivity contribution is 5.03. The summed E-state index contributed by atoms with van der Waals surface area (Å²) in [7, 11) is 0. The standard InChI is InChI=1S/C11H17N5O/c1-3-4-12-6-10-7-16(15-13-10)8-11-5-9(2)14-17-11/h5,7,12H,3-4,6,8H2,1-2H3. The number of aromatic nitrogens is 4. The molecule has 92 valence electrons. The summed E-state index contributed by atoms with van der Waals surface area (Å²) >= 11 is 0. The number of aryl methyl sites for hydroxylation is 1. The minimum atomic E-state index is 0.571. The van der Waals surface area contributed by atoms with Crippen molar-refractivity contribution in [1.82, 2.24) is 25.5 Å². The van der Waals surface area contributed by atoms with E-state index in [4.69, 9.17) is 4.52 Å². The molecule has 0 unspecified atom stereocenters. The van der Waals surface area contributed by atoms with Gasteiger partial charge in [0.25, 0.3) is 0 Å². The second-order valence-electron chi connectivity index (χ2n) is 4.02. The fraction of sp³-hybridized carbons (Fsp3) is 0.545. The van der Waals surface area contributed by atoms with Crippen LogP contribution < -0.4 is 5.32 Å². The molecule has 0 radical (unpaired) electrons. The maximum Gasteiger partial charge on any atom is 0.158 e. The van der Waals surface area contributed by atoms with Crippen LogP contribution >= 0.6 is 0 Å². The first-order chi connectivity index (χ1) is 8.28. The first-order valence-corrected chi connectivity index (χ1v) is 5.80. The summed E-state index contributed by atoms with van der Waals surface area (Å²) in [5, 5.41) is 15.2. The molecular formula is C11H17N5O. The van der Waals surface area contributed by atoms with E-state index >= 15 is 0 Å². The lowest BCUT2D eigenvalue weighted by molar-refractivity contribution is 0.367. The molecule has 0 aliphatic carbocycles. The van der Waals surface area contributed by atoms with Crippen LogP contribution in [-0.2, 0) is 13.1 Å². The summed E-state index contributed by atoms with van der Waals surface area (Å²) < 4.78 is 6.87. The minimum Gasteiger partial charge on any atom is -0.359 e. The van der Waals surface area contributed by atoms with Gasteiger partial charge in [-0.15, -0.1) is 5.10 Å². The molecule has 2 heterocycles. The molecule has 0 spiro atoms. The summed E-state index contributed by atoms with van der Waals surface area (Å²) in [5.41, 5.74) is 1.82. The molecule has 0 amide bonds. The smallest absolute Gasteiger partial charge is 0.158 e. The van der Waals surface area contributed by atoms with Gasteiger partial charge in [-0.05, 0) is 19.9 Å². The number of hydrogen-bond donors (Lipinski definition) is 1. The molecule has 0 atom stereocenters. The summed E-state index contributed by atoms with van der Waals surface area (Å²) in [6, 6.07) is 1.90. The van der Waals surface area contributed by atoms with Crippen molar-refractivity contribution in [3.63, 3.8) is 0 Å². The average molecular weight is 235 g/mol. The van der Waals surface area contributed by atoms with Crippen molar-refractivity contribution >= 4 is 0 Å². The van der Waals surface area contributed by atoms with Gasteiger partial charge < -0.3 is 9.84 Å². The van der Waals surface area contributed by atoms with E-state index in [0.717, 1.165) is 36.7 Å². The molecular weight excluding hydrogens is 218 g/mol. The molecule has 1 N–H and O–H groups in total. The summed E-state index contributed by atoms with van der Waals surface area (Å²) in [4.78, 5) is 0. The highest BCUT2D eigenvalue weighted by Crippen LogP contribution is 2.04. The van der Waals surface area contributed by atoms with Crippen molar-refractivity contribution in [2.75, 3.05) is 6.54 Å². The lowest BCUT2D eigenvalue weighted by Gasteiger charge is -1.97. The topological polar surface area (TPSA) is 68.8 Å². The van der Waals surface area contributed by atoms with Gasteiger partial charge in [0.2, 0.25) is 0 Å². The van der Waals surface area contributed by atoms with Gasteiger partial charge in [0.1, 0.15) is 6.54 Å². The summed E-state index contributed by atoms with van der Waals surface area (Å²) in [6.45, 7) is 6.35. The molecule has 6 nitrogen and oxygen atoms in total. The summed E-state index contributed by atoms with van der Waals surface area (Å²) in [5.74, 6) is 0.792. The molecule has 0 saturated carbocycles. The van der Waals surface area contributed by atoms with E-state index in [9.17, 15) is 0 Å². The number of rotatable bonds is 6. The Balaban J connectivity index is 1.89. The first-order valence-electron chi connectivity index (χ1n) is 5.80. The van der Waals surface area contributed by atoms with Crippen molar-refractivity contribution in [3.8, 4) is 0 Å². The van der Waals surface area contributed by atoms with E-state index < -0.39 is 0 Å². The largest absolute Gasteiger partial charge is 0.359 e. The van der Waals surface area contributed by atoms with E-state index in [2.05, 4.69) is 27.7 Å². The highest BCUT2D eigenvalue weighted by Gasteiger charge is 2.04. The molecule has 2 aromatic heterocycles. The van der Waals surface area contributed by atoms with Gasteiger partial charge in [-0.25, -0.2) is 4.68 Å². The van der Waals surface area contributed by atoms with Gasteiger partial charge in [-0.3, -0.25) is 0 Å². The molecule has 2 aromatic rings. The van der Waals surface area contributed by atoms with E-state index in [-0.39, 0.29) is 0 Å². The molecule has 2 rings (SSSR count). The molecule has 6 heteroatoms. The number of nitrogens with one attached hydrogen (secondary N) is 1. The first kappa shape index (κ1) is 11.8. The fourth-order valence-electron chi connectivity index (χ4n) is 1.54. The van der Waals surface area contributed by atoms with Crippen LogP contribution in [0.25, 0.3) is 0 Å². The maximum atomic E-state index is 5.12. The van der Waals surface area contributed by atoms with Crippen LogP contribution in [0.2, 0.25) is 0 Å². The van der Waals surface area contributed by atoms with Crippen LogP contribution in [0, 0.1) is 6.92 Å². The lowest BCUT2D eigenvalue weighted by Crippen LogP contribution is -2.13. The average Bonchev–Trinajstić information content (AvgIpc) is 2.90. The Bertz CT molecular complexity index is 462. The van der Waals surface area contributed by atoms with E-state index in [1.54, 1.807) is 4.68 Å². The van der Waals surface area contributed by atoms with Crippen molar-refractivity contribution in [1.29, 1.82) is 0 Å². The predicted octanol–water partition coefficient (Wildman–Crippen LogP) is 1.12. The quantitative estimate of drug-likeness (QED) is 0.760. The van der Waals surface area contributed by atoms with E-state index in [0.29, 0.717) is 6.54 Å². The normalized spacial score (nSPS) is 10.9. The van der Waals surface area contributed by atoms with Gasteiger partial charge in [-0.1, -0.05) is 17.3 Å². The Morgan fingerprint density at radius 3 is 3.06 bits per heavy atom. The van der Waals surface area contributed by atoms with Gasteiger partial charge in [0.15, 0.2) is 5.76 Å².